The van der Waals surface area contributed by atoms with Crippen LogP contribution in [-0.2, 0) is 36.9 Å². The van der Waals surface area contributed by atoms with Gasteiger partial charge in [-0.15, -0.1) is 0 Å². The maximum Gasteiger partial charge on any atom is 0.338 e. The molecule has 1 aliphatic heterocycles. The van der Waals surface area contributed by atoms with E-state index in [9.17, 15) is 22.4 Å². The first-order chi connectivity index (χ1) is 18.8. The molecule has 5 atom stereocenters. The van der Waals surface area contributed by atoms with Crippen LogP contribution in [0.3, 0.4) is 0 Å². The second-order valence-corrected chi connectivity index (χ2v) is 9.34. The first-order valence-electron chi connectivity index (χ1n) is 11.9. The van der Waals surface area contributed by atoms with Crippen LogP contribution in [0.4, 0.5) is 17.6 Å². The van der Waals surface area contributed by atoms with Crippen molar-refractivity contribution in [3.8, 4) is 0 Å². The molecule has 1 aliphatic rings. The van der Waals surface area contributed by atoms with Crippen molar-refractivity contribution in [1.82, 2.24) is 0 Å². The molecule has 0 spiro atoms. The third-order valence-electron chi connectivity index (χ3n) is 6.11. The molecule has 208 valence electrons. The van der Waals surface area contributed by atoms with Crippen molar-refractivity contribution in [2.24, 2.45) is 0 Å². The summed E-state index contributed by atoms with van der Waals surface area (Å²) in [7, 11) is 1.34. The molecule has 0 radical (unpaired) electrons. The molecule has 0 amide bonds. The maximum absolute atomic E-state index is 14.4. The SMILES string of the molecule is CO[C@H]1O[C@H](CBr)[C@@H](OC(=O)c2ccccc2)[C@H](OCc2cc(F)ccc2F)[C@H]1OCc1cc(F)ccc1F. The quantitative estimate of drug-likeness (QED) is 0.166. The van der Waals surface area contributed by atoms with Crippen LogP contribution in [0.1, 0.15) is 21.5 Å². The highest BCUT2D eigenvalue weighted by Gasteiger charge is 2.49. The lowest BCUT2D eigenvalue weighted by atomic mass is 9.98. The van der Waals surface area contributed by atoms with E-state index in [-0.39, 0.29) is 22.0 Å². The van der Waals surface area contributed by atoms with Gasteiger partial charge in [0.25, 0.3) is 0 Å². The van der Waals surface area contributed by atoms with E-state index in [0.29, 0.717) is 0 Å². The highest BCUT2D eigenvalue weighted by atomic mass is 79.9. The number of alkyl halides is 1. The summed E-state index contributed by atoms with van der Waals surface area (Å²) in [6.45, 7) is -0.836. The number of hydrogen-bond acceptors (Lipinski definition) is 6. The van der Waals surface area contributed by atoms with E-state index >= 15 is 0 Å². The van der Waals surface area contributed by atoms with Gasteiger partial charge in [-0.2, -0.15) is 0 Å². The minimum absolute atomic E-state index is 0.0831. The Balaban J connectivity index is 1.66. The van der Waals surface area contributed by atoms with Gasteiger partial charge in [0.2, 0.25) is 0 Å². The van der Waals surface area contributed by atoms with E-state index in [2.05, 4.69) is 15.9 Å². The van der Waals surface area contributed by atoms with Gasteiger partial charge in [-0.1, -0.05) is 34.1 Å². The molecule has 0 unspecified atom stereocenters. The Morgan fingerprint density at radius 3 is 1.92 bits per heavy atom. The van der Waals surface area contributed by atoms with Crippen molar-refractivity contribution in [2.75, 3.05) is 12.4 Å². The molecule has 1 fully saturated rings. The molecular weight excluding hydrogens is 588 g/mol. The average molecular weight is 613 g/mol. The number of halogens is 5. The van der Waals surface area contributed by atoms with Gasteiger partial charge >= 0.3 is 5.97 Å². The number of carbonyl (C=O) groups is 1. The van der Waals surface area contributed by atoms with E-state index in [1.807, 2.05) is 0 Å². The smallest absolute Gasteiger partial charge is 0.338 e. The molecule has 3 aromatic carbocycles. The van der Waals surface area contributed by atoms with E-state index in [4.69, 9.17) is 23.7 Å². The van der Waals surface area contributed by atoms with E-state index < -0.39 is 73.2 Å². The Hall–Kier alpha value is -2.83. The van der Waals surface area contributed by atoms with Crippen LogP contribution in [0.5, 0.6) is 0 Å². The summed E-state index contributed by atoms with van der Waals surface area (Å²) in [5.74, 6) is -3.43. The fourth-order valence-electron chi connectivity index (χ4n) is 4.15. The van der Waals surface area contributed by atoms with Crippen LogP contribution < -0.4 is 0 Å². The molecular formula is C28H25BrF4O6. The van der Waals surface area contributed by atoms with Crippen LogP contribution in [0.15, 0.2) is 66.7 Å². The standard InChI is InChI=1S/C28H25BrF4O6/c1-35-28-26(37-15-18-12-20(31)8-10-22(18)33)25(36-14-17-11-19(30)7-9-21(17)32)24(23(13-29)38-28)39-27(34)16-5-3-2-4-6-16/h2-12,23-26,28H,13-15H2,1H3/t23-,24-,25+,26-,28+/m1/s1. The largest absolute Gasteiger partial charge is 0.453 e. The number of esters is 1. The summed E-state index contributed by atoms with van der Waals surface area (Å²) in [4.78, 5) is 13.0. The second kappa shape index (κ2) is 13.5. The molecule has 3 aromatic rings. The predicted octanol–water partition coefficient (Wildman–Crippen LogP) is 5.71. The molecule has 11 heteroatoms. The summed E-state index contributed by atoms with van der Waals surface area (Å²) >= 11 is 3.34. The van der Waals surface area contributed by atoms with Gasteiger partial charge in [0.15, 0.2) is 12.4 Å². The lowest BCUT2D eigenvalue weighted by Crippen LogP contribution is -2.61. The molecule has 1 heterocycles. The first-order valence-corrected chi connectivity index (χ1v) is 13.0. The van der Waals surface area contributed by atoms with Gasteiger partial charge in [-0.05, 0) is 48.5 Å². The molecule has 39 heavy (non-hydrogen) atoms. The first kappa shape index (κ1) is 29.2. The van der Waals surface area contributed by atoms with Gasteiger partial charge in [0, 0.05) is 23.6 Å². The Bertz CT molecular complexity index is 1260. The van der Waals surface area contributed by atoms with Crippen LogP contribution >= 0.6 is 15.9 Å². The number of benzene rings is 3. The topological polar surface area (TPSA) is 63.2 Å². The van der Waals surface area contributed by atoms with Gasteiger partial charge < -0.3 is 23.7 Å². The third kappa shape index (κ3) is 7.23. The summed E-state index contributed by atoms with van der Waals surface area (Å²) in [5, 5.41) is 0.180. The zero-order valence-corrected chi connectivity index (χ0v) is 22.3. The van der Waals surface area contributed by atoms with Crippen molar-refractivity contribution in [3.05, 3.63) is 107 Å². The second-order valence-electron chi connectivity index (χ2n) is 8.69. The lowest BCUT2D eigenvalue weighted by Gasteiger charge is -2.44. The van der Waals surface area contributed by atoms with Crippen LogP contribution in [0.25, 0.3) is 0 Å². The fraction of sp³-hybridized carbons (Fsp3) is 0.321. The van der Waals surface area contributed by atoms with Gasteiger partial charge in [-0.25, -0.2) is 22.4 Å². The van der Waals surface area contributed by atoms with E-state index in [0.717, 1.165) is 36.4 Å². The normalized spacial score (nSPS) is 23.0. The van der Waals surface area contributed by atoms with Crippen molar-refractivity contribution in [1.29, 1.82) is 0 Å². The third-order valence-corrected chi connectivity index (χ3v) is 6.74. The minimum atomic E-state index is -1.15. The Kier molecular flexibility index (Phi) is 10.1. The van der Waals surface area contributed by atoms with Crippen LogP contribution in [0.2, 0.25) is 0 Å². The number of hydrogen-bond donors (Lipinski definition) is 0. The molecule has 0 N–H and O–H groups in total. The number of carbonyl (C=O) groups excluding carboxylic acids is 1. The molecule has 4 rings (SSSR count). The monoisotopic (exact) mass is 612 g/mol. The van der Waals surface area contributed by atoms with Crippen molar-refractivity contribution in [2.45, 2.75) is 43.9 Å². The minimum Gasteiger partial charge on any atom is -0.453 e. The van der Waals surface area contributed by atoms with Crippen molar-refractivity contribution < 1.29 is 46.0 Å². The highest BCUT2D eigenvalue weighted by molar-refractivity contribution is 9.09. The molecule has 1 saturated heterocycles. The molecule has 0 saturated carbocycles. The summed E-state index contributed by atoms with van der Waals surface area (Å²) in [6.07, 6.45) is -5.34. The number of methoxy groups -OCH3 is 1. The van der Waals surface area contributed by atoms with Crippen molar-refractivity contribution in [3.63, 3.8) is 0 Å². The number of ether oxygens (including phenoxy) is 5. The van der Waals surface area contributed by atoms with Crippen molar-refractivity contribution >= 4 is 21.9 Å². The van der Waals surface area contributed by atoms with E-state index in [1.165, 1.54) is 7.11 Å². The fourth-order valence-corrected chi connectivity index (χ4v) is 4.67. The number of rotatable bonds is 10. The Labute approximate surface area is 230 Å². The van der Waals surface area contributed by atoms with E-state index in [1.54, 1.807) is 30.3 Å². The summed E-state index contributed by atoms with van der Waals surface area (Å²) < 4.78 is 85.4. The summed E-state index contributed by atoms with van der Waals surface area (Å²) in [5.41, 5.74) is 0.0862. The predicted molar refractivity (Wildman–Crippen MR) is 135 cm³/mol. The lowest BCUT2D eigenvalue weighted by molar-refractivity contribution is -0.305. The van der Waals surface area contributed by atoms with Crippen LogP contribution in [0, 0.1) is 23.3 Å². The summed E-state index contributed by atoms with van der Waals surface area (Å²) in [6, 6.07) is 14.0. The molecule has 6 nitrogen and oxygen atoms in total. The average Bonchev–Trinajstić information content (AvgIpc) is 2.94. The zero-order chi connectivity index (χ0) is 27.9. The van der Waals surface area contributed by atoms with Gasteiger partial charge in [0.05, 0.1) is 18.8 Å². The van der Waals surface area contributed by atoms with Crippen LogP contribution in [-0.4, -0.2) is 49.1 Å². The molecule has 0 aromatic heterocycles. The Morgan fingerprint density at radius 2 is 1.38 bits per heavy atom. The Morgan fingerprint density at radius 1 is 0.821 bits per heavy atom. The molecule has 0 aliphatic carbocycles. The van der Waals surface area contributed by atoms with Gasteiger partial charge in [0.1, 0.15) is 41.6 Å². The molecule has 0 bridgehead atoms. The van der Waals surface area contributed by atoms with Gasteiger partial charge in [-0.3, -0.25) is 0 Å². The zero-order valence-electron chi connectivity index (χ0n) is 20.7. The maximum atomic E-state index is 14.4. The highest BCUT2D eigenvalue weighted by Crippen LogP contribution is 2.32.